The van der Waals surface area contributed by atoms with Gasteiger partial charge < -0.3 is 10.1 Å². The van der Waals surface area contributed by atoms with Crippen LogP contribution in [0.2, 0.25) is 0 Å². The Balaban J connectivity index is 1.93. The molecule has 0 aromatic carbocycles. The van der Waals surface area contributed by atoms with Gasteiger partial charge in [0.1, 0.15) is 0 Å². The summed E-state index contributed by atoms with van der Waals surface area (Å²) in [4.78, 5) is 29.0. The number of pyridine rings is 1. The summed E-state index contributed by atoms with van der Waals surface area (Å²) in [7, 11) is 1.62. The summed E-state index contributed by atoms with van der Waals surface area (Å²) in [6.45, 7) is 2.21. The van der Waals surface area contributed by atoms with Gasteiger partial charge in [0.25, 0.3) is 11.8 Å². The zero-order valence-corrected chi connectivity index (χ0v) is 10.2. The van der Waals surface area contributed by atoms with Gasteiger partial charge in [0.15, 0.2) is 0 Å². The molecule has 96 valence electrons. The van der Waals surface area contributed by atoms with Gasteiger partial charge in [0, 0.05) is 39.1 Å². The SMILES string of the molecule is COCCNCCN1C(=O)c2ccncc2C1=O. The second-order valence-electron chi connectivity index (χ2n) is 3.93. The normalized spacial score (nSPS) is 14.2. The molecule has 2 heterocycles. The van der Waals surface area contributed by atoms with Gasteiger partial charge in [0.05, 0.1) is 17.7 Å². The molecule has 0 saturated heterocycles. The molecule has 1 aromatic heterocycles. The smallest absolute Gasteiger partial charge is 0.263 e. The molecule has 1 aromatic rings. The molecule has 1 aliphatic rings. The molecule has 6 nitrogen and oxygen atoms in total. The number of amides is 2. The molecule has 0 spiro atoms. The van der Waals surface area contributed by atoms with Crippen LogP contribution >= 0.6 is 0 Å². The first kappa shape index (κ1) is 12.7. The van der Waals surface area contributed by atoms with Crippen LogP contribution in [0.1, 0.15) is 20.7 Å². The number of methoxy groups -OCH3 is 1. The molecule has 2 rings (SSSR count). The molecule has 18 heavy (non-hydrogen) atoms. The molecule has 0 bridgehead atoms. The number of carbonyl (C=O) groups excluding carboxylic acids is 2. The van der Waals surface area contributed by atoms with Crippen molar-refractivity contribution in [3.05, 3.63) is 29.6 Å². The number of carbonyl (C=O) groups is 2. The van der Waals surface area contributed by atoms with Crippen LogP contribution in [0.5, 0.6) is 0 Å². The highest BCUT2D eigenvalue weighted by Gasteiger charge is 2.34. The van der Waals surface area contributed by atoms with Gasteiger partial charge in [-0.25, -0.2) is 0 Å². The fourth-order valence-corrected chi connectivity index (χ4v) is 1.83. The molecule has 0 radical (unpaired) electrons. The van der Waals surface area contributed by atoms with E-state index in [1.54, 1.807) is 13.2 Å². The number of imide groups is 1. The predicted molar refractivity (Wildman–Crippen MR) is 64.3 cm³/mol. The van der Waals surface area contributed by atoms with Gasteiger partial charge in [0.2, 0.25) is 0 Å². The minimum absolute atomic E-state index is 0.244. The van der Waals surface area contributed by atoms with E-state index in [1.165, 1.54) is 17.3 Å². The minimum Gasteiger partial charge on any atom is -0.383 e. The van der Waals surface area contributed by atoms with Crippen LogP contribution in [0.4, 0.5) is 0 Å². The molecule has 1 N–H and O–H groups in total. The van der Waals surface area contributed by atoms with Gasteiger partial charge in [-0.3, -0.25) is 19.5 Å². The average Bonchev–Trinajstić information content (AvgIpc) is 2.64. The highest BCUT2D eigenvalue weighted by molar-refractivity contribution is 6.21. The Labute approximate surface area is 105 Å². The summed E-state index contributed by atoms with van der Waals surface area (Å²) >= 11 is 0. The highest BCUT2D eigenvalue weighted by Crippen LogP contribution is 2.20. The maximum Gasteiger partial charge on any atom is 0.263 e. The van der Waals surface area contributed by atoms with Crippen molar-refractivity contribution in [1.82, 2.24) is 15.2 Å². The fourth-order valence-electron chi connectivity index (χ4n) is 1.83. The number of nitrogens with zero attached hydrogens (tertiary/aromatic N) is 2. The van der Waals surface area contributed by atoms with Crippen LogP contribution in [0.15, 0.2) is 18.5 Å². The topological polar surface area (TPSA) is 71.5 Å². The molecule has 0 aliphatic carbocycles. The van der Waals surface area contributed by atoms with Gasteiger partial charge in [-0.1, -0.05) is 0 Å². The zero-order chi connectivity index (χ0) is 13.0. The van der Waals surface area contributed by atoms with Gasteiger partial charge in [-0.2, -0.15) is 0 Å². The van der Waals surface area contributed by atoms with Crippen LogP contribution in [0, 0.1) is 0 Å². The van der Waals surface area contributed by atoms with Crippen molar-refractivity contribution in [3.63, 3.8) is 0 Å². The van der Waals surface area contributed by atoms with Crippen molar-refractivity contribution in [3.8, 4) is 0 Å². The largest absolute Gasteiger partial charge is 0.383 e. The van der Waals surface area contributed by atoms with Crippen LogP contribution in [-0.2, 0) is 4.74 Å². The van der Waals surface area contributed by atoms with Crippen LogP contribution in [-0.4, -0.2) is 55.0 Å². The van der Waals surface area contributed by atoms with Crippen molar-refractivity contribution in [2.24, 2.45) is 0 Å². The van der Waals surface area contributed by atoms with E-state index in [9.17, 15) is 9.59 Å². The van der Waals surface area contributed by atoms with E-state index in [-0.39, 0.29) is 11.8 Å². The minimum atomic E-state index is -0.267. The Morgan fingerprint density at radius 2 is 2.06 bits per heavy atom. The van der Waals surface area contributed by atoms with Crippen molar-refractivity contribution >= 4 is 11.8 Å². The Bertz CT molecular complexity index is 427. The Kier molecular flexibility index (Phi) is 4.01. The number of rotatable bonds is 6. The first-order valence-corrected chi connectivity index (χ1v) is 5.75. The van der Waals surface area contributed by atoms with Crippen molar-refractivity contribution < 1.29 is 14.3 Å². The lowest BCUT2D eigenvalue weighted by Gasteiger charge is -2.13. The van der Waals surface area contributed by atoms with Crippen molar-refractivity contribution in [2.75, 3.05) is 33.4 Å². The first-order chi connectivity index (χ1) is 8.75. The summed E-state index contributed by atoms with van der Waals surface area (Å²) in [5, 5.41) is 3.09. The molecular formula is C12H15N3O3. The Hall–Kier alpha value is -1.79. The second-order valence-corrected chi connectivity index (χ2v) is 3.93. The lowest BCUT2D eigenvalue weighted by atomic mass is 10.2. The number of hydrogen-bond acceptors (Lipinski definition) is 5. The van der Waals surface area contributed by atoms with Gasteiger partial charge in [-0.05, 0) is 6.07 Å². The van der Waals surface area contributed by atoms with E-state index in [0.29, 0.717) is 37.4 Å². The third-order valence-electron chi connectivity index (χ3n) is 2.77. The average molecular weight is 249 g/mol. The third kappa shape index (κ3) is 2.39. The van der Waals surface area contributed by atoms with Gasteiger partial charge >= 0.3 is 0 Å². The number of aromatic nitrogens is 1. The molecule has 0 unspecified atom stereocenters. The van der Waals surface area contributed by atoms with E-state index < -0.39 is 0 Å². The van der Waals surface area contributed by atoms with E-state index in [1.807, 2.05) is 0 Å². The van der Waals surface area contributed by atoms with E-state index >= 15 is 0 Å². The van der Waals surface area contributed by atoms with E-state index in [0.717, 1.165) is 0 Å². The number of ether oxygens (including phenoxy) is 1. The molecule has 0 saturated carbocycles. The van der Waals surface area contributed by atoms with Crippen LogP contribution in [0.3, 0.4) is 0 Å². The Morgan fingerprint density at radius 1 is 1.28 bits per heavy atom. The quantitative estimate of drug-likeness (QED) is 0.563. The van der Waals surface area contributed by atoms with Crippen molar-refractivity contribution in [2.45, 2.75) is 0 Å². The molecule has 2 amide bonds. The summed E-state index contributed by atoms with van der Waals surface area (Å²) < 4.78 is 4.89. The van der Waals surface area contributed by atoms with Crippen LogP contribution < -0.4 is 5.32 Å². The number of fused-ring (bicyclic) bond motifs is 1. The molecular weight excluding hydrogens is 234 g/mol. The lowest BCUT2D eigenvalue weighted by Crippen LogP contribution is -2.37. The van der Waals surface area contributed by atoms with E-state index in [2.05, 4.69) is 10.3 Å². The van der Waals surface area contributed by atoms with E-state index in [4.69, 9.17) is 4.74 Å². The van der Waals surface area contributed by atoms with Crippen molar-refractivity contribution in [1.29, 1.82) is 0 Å². The lowest BCUT2D eigenvalue weighted by molar-refractivity contribution is 0.0655. The predicted octanol–water partition coefficient (Wildman–Crippen LogP) is -0.0864. The molecule has 0 fully saturated rings. The molecule has 1 aliphatic heterocycles. The summed E-state index contributed by atoms with van der Waals surface area (Å²) in [6.07, 6.45) is 2.96. The van der Waals surface area contributed by atoms with Crippen LogP contribution in [0.25, 0.3) is 0 Å². The maximum absolute atomic E-state index is 12.0. The summed E-state index contributed by atoms with van der Waals surface area (Å²) in [5.41, 5.74) is 0.825. The monoisotopic (exact) mass is 249 g/mol. The maximum atomic E-state index is 12.0. The fraction of sp³-hybridized carbons (Fsp3) is 0.417. The Morgan fingerprint density at radius 3 is 2.78 bits per heavy atom. The summed E-state index contributed by atoms with van der Waals surface area (Å²) in [6, 6.07) is 1.58. The third-order valence-corrected chi connectivity index (χ3v) is 2.77. The standard InChI is InChI=1S/C12H15N3O3/c1-18-7-5-13-4-6-15-11(16)9-2-3-14-8-10(9)12(15)17/h2-3,8,13H,4-7H2,1H3. The highest BCUT2D eigenvalue weighted by atomic mass is 16.5. The first-order valence-electron chi connectivity index (χ1n) is 5.75. The molecule has 6 heteroatoms. The second kappa shape index (κ2) is 5.70. The van der Waals surface area contributed by atoms with Gasteiger partial charge in [-0.15, -0.1) is 0 Å². The molecule has 0 atom stereocenters. The summed E-state index contributed by atoms with van der Waals surface area (Å²) in [5.74, 6) is -0.511. The zero-order valence-electron chi connectivity index (χ0n) is 10.2. The number of hydrogen-bond donors (Lipinski definition) is 1. The number of nitrogens with one attached hydrogen (secondary N) is 1.